The zero-order valence-electron chi connectivity index (χ0n) is 22.8. The van der Waals surface area contributed by atoms with Crippen molar-refractivity contribution in [3.63, 3.8) is 0 Å². The van der Waals surface area contributed by atoms with Gasteiger partial charge in [0.1, 0.15) is 0 Å². The Kier molecular flexibility index (Phi) is 6.10. The molecule has 0 unspecified atom stereocenters. The van der Waals surface area contributed by atoms with Crippen LogP contribution in [0.4, 0.5) is 0 Å². The molecule has 1 saturated heterocycles. The summed E-state index contributed by atoms with van der Waals surface area (Å²) in [7, 11) is -3.12. The average molecular weight is 504 g/mol. The maximum atomic E-state index is 11.9. The number of hydrogen-bond donors (Lipinski definition) is 1. The van der Waals surface area contributed by atoms with E-state index < -0.39 is 10.0 Å². The summed E-state index contributed by atoms with van der Waals surface area (Å²) in [6, 6.07) is 0.138. The maximum absolute atomic E-state index is 11.9. The summed E-state index contributed by atoms with van der Waals surface area (Å²) in [5.74, 6) is 5.33. The summed E-state index contributed by atoms with van der Waals surface area (Å²) in [4.78, 5) is 0. The topological polar surface area (TPSA) is 55.4 Å². The van der Waals surface area contributed by atoms with E-state index in [0.29, 0.717) is 23.4 Å². The lowest BCUT2D eigenvalue weighted by atomic mass is 9.52. The Morgan fingerprint density at radius 3 is 2.51 bits per heavy atom. The number of fused-ring (bicyclic) bond motifs is 6. The number of rotatable bonds is 2. The van der Waals surface area contributed by atoms with E-state index in [1.165, 1.54) is 70.5 Å². The lowest BCUT2D eigenvalue weighted by molar-refractivity contribution is -0.0762. The van der Waals surface area contributed by atoms with Crippen LogP contribution in [-0.2, 0) is 14.8 Å². The van der Waals surface area contributed by atoms with Crippen molar-refractivity contribution >= 4 is 10.0 Å². The van der Waals surface area contributed by atoms with Crippen molar-refractivity contribution in [3.05, 3.63) is 11.1 Å². The molecule has 6 aliphatic rings. The molecule has 0 aromatic carbocycles. The molecule has 1 spiro atoms. The highest BCUT2D eigenvalue weighted by molar-refractivity contribution is 7.88. The summed E-state index contributed by atoms with van der Waals surface area (Å²) >= 11 is 0. The predicted molar refractivity (Wildman–Crippen MR) is 141 cm³/mol. The van der Waals surface area contributed by atoms with Gasteiger partial charge in [-0.15, -0.1) is 0 Å². The van der Waals surface area contributed by atoms with Gasteiger partial charge in [0.05, 0.1) is 18.0 Å². The number of nitrogens with one attached hydrogen (secondary N) is 1. The largest absolute Gasteiger partial charge is 0.371 e. The molecule has 1 aliphatic heterocycles. The molecule has 6 rings (SSSR count). The highest BCUT2D eigenvalue weighted by atomic mass is 32.2. The average Bonchev–Trinajstić information content (AvgIpc) is 3.23. The van der Waals surface area contributed by atoms with Gasteiger partial charge in [-0.1, -0.05) is 38.3 Å². The standard InChI is InChI=1S/C30H49NO3S/c1-18-6-8-23-20(3)30(34-28(23)14-18)13-11-24-25-9-7-21-15-22(31-35(5,32)33)10-12-29(21,4)27(25)16-26(24)19(2)17-30/h18,20-25,27-28,31H,6-17H2,1-5H3/t18-,20-,21-,22+,23+,24+,25+,27+,28-,29+,30+/m1/s1. The lowest BCUT2D eigenvalue weighted by Crippen LogP contribution is -2.50. The minimum atomic E-state index is -3.12. The van der Waals surface area contributed by atoms with Crippen molar-refractivity contribution in [1.29, 1.82) is 0 Å². The van der Waals surface area contributed by atoms with Crippen LogP contribution in [0.15, 0.2) is 11.1 Å². The molecule has 198 valence electrons. The normalized spacial score (nSPS) is 52.0. The highest BCUT2D eigenvalue weighted by Gasteiger charge is 2.59. The molecule has 4 saturated carbocycles. The summed E-state index contributed by atoms with van der Waals surface area (Å²) in [5, 5.41) is 0. The second-order valence-corrected chi connectivity index (χ2v) is 16.1. The minimum absolute atomic E-state index is 0.0901. The number of hydrogen-bond acceptors (Lipinski definition) is 3. The first-order valence-electron chi connectivity index (χ1n) is 14.8. The Bertz CT molecular complexity index is 990. The van der Waals surface area contributed by atoms with E-state index in [0.717, 1.165) is 42.4 Å². The summed E-state index contributed by atoms with van der Waals surface area (Å²) in [6.07, 6.45) is 16.7. The molecule has 0 bridgehead atoms. The van der Waals surface area contributed by atoms with Crippen molar-refractivity contribution in [1.82, 2.24) is 4.72 Å². The summed E-state index contributed by atoms with van der Waals surface area (Å²) in [5.41, 5.74) is 3.95. The van der Waals surface area contributed by atoms with Crippen LogP contribution in [0, 0.1) is 46.8 Å². The van der Waals surface area contributed by atoms with E-state index in [1.54, 1.807) is 5.57 Å². The van der Waals surface area contributed by atoms with E-state index in [-0.39, 0.29) is 11.6 Å². The molecule has 5 aliphatic carbocycles. The van der Waals surface area contributed by atoms with E-state index in [1.807, 2.05) is 5.57 Å². The second kappa shape index (κ2) is 8.56. The van der Waals surface area contributed by atoms with Crippen molar-refractivity contribution in [2.24, 2.45) is 46.8 Å². The first-order chi connectivity index (χ1) is 16.5. The fourth-order valence-electron chi connectivity index (χ4n) is 10.6. The molecule has 35 heavy (non-hydrogen) atoms. The van der Waals surface area contributed by atoms with Crippen LogP contribution in [-0.4, -0.2) is 32.4 Å². The van der Waals surface area contributed by atoms with Gasteiger partial charge >= 0.3 is 0 Å². The third-order valence-electron chi connectivity index (χ3n) is 12.5. The molecular weight excluding hydrogens is 454 g/mol. The highest BCUT2D eigenvalue weighted by Crippen LogP contribution is 2.65. The lowest BCUT2D eigenvalue weighted by Gasteiger charge is -2.54. The van der Waals surface area contributed by atoms with Crippen LogP contribution >= 0.6 is 0 Å². The Morgan fingerprint density at radius 1 is 0.971 bits per heavy atom. The molecule has 0 radical (unpaired) electrons. The maximum Gasteiger partial charge on any atom is 0.208 e. The van der Waals surface area contributed by atoms with Gasteiger partial charge in [-0.3, -0.25) is 0 Å². The SMILES string of the molecule is CC1=C2C[C@H]3[C@@H](CC[C@@H]4C[C@@H](NS(C)(=O)=O)CC[C@@]43C)[C@@H]2CC[C@@]2(C1)O[C@@H]1C[C@H](C)CC[C@H]1[C@H]2C. The molecular formula is C30H49NO3S. The first-order valence-corrected chi connectivity index (χ1v) is 16.7. The third kappa shape index (κ3) is 4.09. The van der Waals surface area contributed by atoms with Gasteiger partial charge in [-0.25, -0.2) is 13.1 Å². The van der Waals surface area contributed by atoms with E-state index in [2.05, 4.69) is 32.4 Å². The molecule has 4 nitrogen and oxygen atoms in total. The Balaban J connectivity index is 1.22. The second-order valence-electron chi connectivity index (χ2n) is 14.3. The van der Waals surface area contributed by atoms with Gasteiger partial charge in [-0.05, 0) is 124 Å². The minimum Gasteiger partial charge on any atom is -0.371 e. The monoisotopic (exact) mass is 503 g/mol. The van der Waals surface area contributed by atoms with Crippen LogP contribution in [0.25, 0.3) is 0 Å². The van der Waals surface area contributed by atoms with Crippen LogP contribution in [0.1, 0.15) is 105 Å². The van der Waals surface area contributed by atoms with Gasteiger partial charge < -0.3 is 4.74 Å². The van der Waals surface area contributed by atoms with Gasteiger partial charge in [0.15, 0.2) is 0 Å². The number of sulfonamides is 1. The van der Waals surface area contributed by atoms with Crippen LogP contribution in [0.3, 0.4) is 0 Å². The molecule has 5 fully saturated rings. The van der Waals surface area contributed by atoms with Crippen LogP contribution in [0.2, 0.25) is 0 Å². The van der Waals surface area contributed by atoms with Gasteiger partial charge in [0, 0.05) is 6.04 Å². The van der Waals surface area contributed by atoms with Crippen LogP contribution in [0.5, 0.6) is 0 Å². The molecule has 1 N–H and O–H groups in total. The van der Waals surface area contributed by atoms with E-state index in [9.17, 15) is 8.42 Å². The first kappa shape index (κ1) is 24.9. The van der Waals surface area contributed by atoms with Gasteiger partial charge in [-0.2, -0.15) is 0 Å². The summed E-state index contributed by atoms with van der Waals surface area (Å²) < 4.78 is 33.8. The molecule has 5 heteroatoms. The zero-order chi connectivity index (χ0) is 24.8. The molecule has 0 amide bonds. The molecule has 1 heterocycles. The van der Waals surface area contributed by atoms with Crippen molar-refractivity contribution in [2.45, 2.75) is 122 Å². The van der Waals surface area contributed by atoms with E-state index >= 15 is 0 Å². The van der Waals surface area contributed by atoms with Gasteiger partial charge in [0.2, 0.25) is 10.0 Å². The van der Waals surface area contributed by atoms with Gasteiger partial charge in [0.25, 0.3) is 0 Å². The number of allylic oxidation sites excluding steroid dienone is 1. The molecule has 11 atom stereocenters. The zero-order valence-corrected chi connectivity index (χ0v) is 23.6. The van der Waals surface area contributed by atoms with Crippen molar-refractivity contribution in [2.75, 3.05) is 6.26 Å². The van der Waals surface area contributed by atoms with Crippen molar-refractivity contribution < 1.29 is 13.2 Å². The predicted octanol–water partition coefficient (Wildman–Crippen LogP) is 6.47. The molecule has 0 aromatic rings. The van der Waals surface area contributed by atoms with Crippen molar-refractivity contribution in [3.8, 4) is 0 Å². The Labute approximate surface area is 214 Å². The smallest absolute Gasteiger partial charge is 0.208 e. The summed E-state index contributed by atoms with van der Waals surface area (Å²) in [6.45, 7) is 9.97. The third-order valence-corrected chi connectivity index (χ3v) is 13.2. The fourth-order valence-corrected chi connectivity index (χ4v) is 11.5. The Morgan fingerprint density at radius 2 is 1.74 bits per heavy atom. The Hall–Kier alpha value is -0.390. The number of ether oxygens (including phenoxy) is 1. The van der Waals surface area contributed by atoms with Crippen LogP contribution < -0.4 is 4.72 Å². The fraction of sp³-hybridized carbons (Fsp3) is 0.933. The molecule has 0 aromatic heterocycles. The van der Waals surface area contributed by atoms with E-state index in [4.69, 9.17) is 4.74 Å². The quantitative estimate of drug-likeness (QED) is 0.440.